The van der Waals surface area contributed by atoms with Crippen LogP contribution in [0.2, 0.25) is 0 Å². The van der Waals surface area contributed by atoms with Crippen LogP contribution in [0.3, 0.4) is 0 Å². The highest BCUT2D eigenvalue weighted by atomic mass is 16.2. The number of hydrogen-bond acceptors (Lipinski definition) is 3. The van der Waals surface area contributed by atoms with Crippen molar-refractivity contribution in [1.29, 1.82) is 0 Å². The zero-order valence-electron chi connectivity index (χ0n) is 14.3. The highest BCUT2D eigenvalue weighted by molar-refractivity contribution is 5.98. The summed E-state index contributed by atoms with van der Waals surface area (Å²) in [7, 11) is 0. The molecule has 1 aliphatic carbocycles. The summed E-state index contributed by atoms with van der Waals surface area (Å²) in [5, 5.41) is 5.75. The number of Topliss-reactive ketones (excluding diaryl/α,β-unsaturated/α-hetero) is 1. The highest BCUT2D eigenvalue weighted by Gasteiger charge is 2.40. The highest BCUT2D eigenvalue weighted by Crippen LogP contribution is 2.28. The van der Waals surface area contributed by atoms with Crippen molar-refractivity contribution >= 4 is 17.6 Å². The Balaban J connectivity index is 1.93. The van der Waals surface area contributed by atoms with Gasteiger partial charge < -0.3 is 10.6 Å². The predicted octanol–water partition coefficient (Wildman–Crippen LogP) is 2.60. The first-order valence-corrected chi connectivity index (χ1v) is 8.75. The van der Waals surface area contributed by atoms with E-state index < -0.39 is 5.54 Å². The Hall–Kier alpha value is -2.17. The molecule has 5 heteroatoms. The van der Waals surface area contributed by atoms with Crippen LogP contribution in [0, 0.1) is 0 Å². The maximum Gasteiger partial charge on any atom is 0.245 e. The van der Waals surface area contributed by atoms with Crippen LogP contribution in [0.25, 0.3) is 0 Å². The minimum absolute atomic E-state index is 0.0542. The van der Waals surface area contributed by atoms with Gasteiger partial charge in [0.05, 0.1) is 0 Å². The first-order chi connectivity index (χ1) is 11.6. The van der Waals surface area contributed by atoms with Crippen molar-refractivity contribution in [1.82, 2.24) is 10.6 Å². The molecule has 0 bridgehead atoms. The van der Waals surface area contributed by atoms with Gasteiger partial charge in [-0.2, -0.15) is 0 Å². The average Bonchev–Trinajstić information content (AvgIpc) is 2.61. The Morgan fingerprint density at radius 3 is 2.29 bits per heavy atom. The van der Waals surface area contributed by atoms with Gasteiger partial charge in [0.1, 0.15) is 5.54 Å². The van der Waals surface area contributed by atoms with E-state index in [2.05, 4.69) is 10.6 Å². The van der Waals surface area contributed by atoms with Gasteiger partial charge >= 0.3 is 0 Å². The van der Waals surface area contributed by atoms with Crippen LogP contribution >= 0.6 is 0 Å². The molecule has 0 aromatic heterocycles. The third kappa shape index (κ3) is 4.66. The SMILES string of the molecule is CCNC(=O)C1(NC(=O)CCC(=O)c2ccccc2)CCCCC1. The summed E-state index contributed by atoms with van der Waals surface area (Å²) in [5.74, 6) is -0.388. The molecule has 0 heterocycles. The predicted molar refractivity (Wildman–Crippen MR) is 92.6 cm³/mol. The second kappa shape index (κ2) is 8.62. The van der Waals surface area contributed by atoms with E-state index >= 15 is 0 Å². The smallest absolute Gasteiger partial charge is 0.245 e. The number of carbonyl (C=O) groups is 3. The fourth-order valence-corrected chi connectivity index (χ4v) is 3.22. The lowest BCUT2D eigenvalue weighted by Gasteiger charge is -2.36. The Morgan fingerprint density at radius 2 is 1.67 bits per heavy atom. The summed E-state index contributed by atoms with van der Waals surface area (Å²) in [5.41, 5.74) is -0.192. The fraction of sp³-hybridized carbons (Fsp3) is 0.526. The maximum absolute atomic E-state index is 12.4. The largest absolute Gasteiger partial charge is 0.354 e. The standard InChI is InChI=1S/C19H26N2O3/c1-2-20-18(24)19(13-7-4-8-14-19)21-17(23)12-11-16(22)15-9-5-3-6-10-15/h3,5-6,9-10H,2,4,7-8,11-14H2,1H3,(H,20,24)(H,21,23). The van der Waals surface area contributed by atoms with Gasteiger partial charge in [-0.1, -0.05) is 49.6 Å². The van der Waals surface area contributed by atoms with E-state index in [-0.39, 0.29) is 30.4 Å². The minimum atomic E-state index is -0.804. The molecule has 1 saturated carbocycles. The average molecular weight is 330 g/mol. The van der Waals surface area contributed by atoms with E-state index in [0.29, 0.717) is 24.9 Å². The molecule has 2 N–H and O–H groups in total. The summed E-state index contributed by atoms with van der Waals surface area (Å²) < 4.78 is 0. The molecule has 5 nitrogen and oxygen atoms in total. The molecule has 2 rings (SSSR count). The minimum Gasteiger partial charge on any atom is -0.354 e. The molecule has 24 heavy (non-hydrogen) atoms. The molecular formula is C19H26N2O3. The van der Waals surface area contributed by atoms with Gasteiger partial charge in [-0.15, -0.1) is 0 Å². The Morgan fingerprint density at radius 1 is 1.00 bits per heavy atom. The van der Waals surface area contributed by atoms with Crippen LogP contribution in [-0.2, 0) is 9.59 Å². The first-order valence-electron chi connectivity index (χ1n) is 8.75. The lowest BCUT2D eigenvalue weighted by atomic mass is 9.80. The topological polar surface area (TPSA) is 75.3 Å². The summed E-state index contributed by atoms with van der Waals surface area (Å²) in [4.78, 5) is 36.8. The normalized spacial score (nSPS) is 16.2. The molecule has 130 valence electrons. The van der Waals surface area contributed by atoms with Crippen molar-refractivity contribution in [2.45, 2.75) is 57.4 Å². The third-order valence-electron chi connectivity index (χ3n) is 4.53. The van der Waals surface area contributed by atoms with Crippen LogP contribution in [0.1, 0.15) is 62.2 Å². The lowest BCUT2D eigenvalue weighted by molar-refractivity contribution is -0.135. The fourth-order valence-electron chi connectivity index (χ4n) is 3.22. The third-order valence-corrected chi connectivity index (χ3v) is 4.53. The molecule has 0 unspecified atom stereocenters. The van der Waals surface area contributed by atoms with Crippen molar-refractivity contribution < 1.29 is 14.4 Å². The van der Waals surface area contributed by atoms with Crippen molar-refractivity contribution in [3.8, 4) is 0 Å². The van der Waals surface area contributed by atoms with E-state index in [1.807, 2.05) is 13.0 Å². The van der Waals surface area contributed by atoms with Crippen LogP contribution < -0.4 is 10.6 Å². The van der Waals surface area contributed by atoms with Crippen molar-refractivity contribution in [3.63, 3.8) is 0 Å². The second-order valence-corrected chi connectivity index (χ2v) is 6.34. The molecule has 2 amide bonds. The number of amides is 2. The van der Waals surface area contributed by atoms with Gasteiger partial charge in [-0.25, -0.2) is 0 Å². The quantitative estimate of drug-likeness (QED) is 0.755. The van der Waals surface area contributed by atoms with E-state index in [1.165, 1.54) is 0 Å². The molecule has 0 radical (unpaired) electrons. The second-order valence-electron chi connectivity index (χ2n) is 6.34. The van der Waals surface area contributed by atoms with Crippen LogP contribution in [0.15, 0.2) is 30.3 Å². The lowest BCUT2D eigenvalue weighted by Crippen LogP contribution is -2.59. The molecule has 0 aliphatic heterocycles. The van der Waals surface area contributed by atoms with Crippen molar-refractivity contribution in [2.75, 3.05) is 6.54 Å². The Labute approximate surface area is 143 Å². The molecule has 1 aromatic rings. The molecule has 1 aliphatic rings. The first kappa shape index (κ1) is 18.2. The zero-order chi connectivity index (χ0) is 17.4. The van der Waals surface area contributed by atoms with E-state index in [9.17, 15) is 14.4 Å². The van der Waals surface area contributed by atoms with Gasteiger partial charge in [-0.05, 0) is 19.8 Å². The van der Waals surface area contributed by atoms with Gasteiger partial charge in [-0.3, -0.25) is 14.4 Å². The Bertz CT molecular complexity index is 578. The van der Waals surface area contributed by atoms with Gasteiger partial charge in [0.15, 0.2) is 5.78 Å². The summed E-state index contributed by atoms with van der Waals surface area (Å²) >= 11 is 0. The summed E-state index contributed by atoms with van der Waals surface area (Å²) in [6.07, 6.45) is 4.54. The summed E-state index contributed by atoms with van der Waals surface area (Å²) in [6, 6.07) is 8.95. The Kier molecular flexibility index (Phi) is 6.53. The van der Waals surface area contributed by atoms with Crippen molar-refractivity contribution in [2.24, 2.45) is 0 Å². The molecule has 1 aromatic carbocycles. The van der Waals surface area contributed by atoms with E-state index in [1.54, 1.807) is 24.3 Å². The zero-order valence-corrected chi connectivity index (χ0v) is 14.3. The number of likely N-dealkylation sites (N-methyl/N-ethyl adjacent to an activating group) is 1. The number of benzene rings is 1. The van der Waals surface area contributed by atoms with Gasteiger partial charge in [0.2, 0.25) is 11.8 Å². The molecule has 1 fully saturated rings. The number of nitrogens with one attached hydrogen (secondary N) is 2. The number of rotatable bonds is 7. The number of hydrogen-bond donors (Lipinski definition) is 2. The molecule has 0 atom stereocenters. The van der Waals surface area contributed by atoms with Crippen LogP contribution in [0.4, 0.5) is 0 Å². The maximum atomic E-state index is 12.4. The number of carbonyl (C=O) groups excluding carboxylic acids is 3. The number of ketones is 1. The van der Waals surface area contributed by atoms with Crippen LogP contribution in [0.5, 0.6) is 0 Å². The van der Waals surface area contributed by atoms with Crippen molar-refractivity contribution in [3.05, 3.63) is 35.9 Å². The molecule has 0 spiro atoms. The summed E-state index contributed by atoms with van der Waals surface area (Å²) in [6.45, 7) is 2.41. The van der Waals surface area contributed by atoms with Crippen LogP contribution in [-0.4, -0.2) is 29.7 Å². The molecule has 0 saturated heterocycles. The van der Waals surface area contributed by atoms with E-state index in [4.69, 9.17) is 0 Å². The van der Waals surface area contributed by atoms with Gasteiger partial charge in [0, 0.05) is 24.9 Å². The monoisotopic (exact) mass is 330 g/mol. The molecular weight excluding hydrogens is 304 g/mol. The van der Waals surface area contributed by atoms with Gasteiger partial charge in [0.25, 0.3) is 0 Å². The van der Waals surface area contributed by atoms with E-state index in [0.717, 1.165) is 19.3 Å².